The number of carbonyl (C=O) groups excluding carboxylic acids is 2. The van der Waals surface area contributed by atoms with Crippen molar-refractivity contribution < 1.29 is 18.8 Å². The van der Waals surface area contributed by atoms with Crippen LogP contribution in [0.3, 0.4) is 0 Å². The number of carbonyl (C=O) groups is 2. The Kier molecular flexibility index (Phi) is 8.08. The van der Waals surface area contributed by atoms with Gasteiger partial charge in [0.05, 0.1) is 12.8 Å². The first-order chi connectivity index (χ1) is 17.7. The topological polar surface area (TPSA) is 122 Å². The Bertz CT molecular complexity index is 1200. The number of likely N-dealkylation sites (tertiary alicyclic amines) is 1. The summed E-state index contributed by atoms with van der Waals surface area (Å²) in [6, 6.07) is 11.4. The molecule has 3 heterocycles. The largest absolute Gasteiger partial charge is 0.492 e. The standard InChI is InChI=1S/C27H34N6O4/c1-5-33-13-12-18(16-33)17-36-21-10-11-22(28-15-21)25(34)29-19-6-8-20(9-7-19)30-26(35)31-24-14-23(37-32-24)27(2,3)4/h6-11,14-15,18H,5,12-13,16-17H2,1-4H3,(H,29,34)(H2,30,31,32,35)/t18-/m1/s1. The van der Waals surface area contributed by atoms with Crippen LogP contribution in [0.15, 0.2) is 53.2 Å². The highest BCUT2D eigenvalue weighted by Crippen LogP contribution is 2.24. The second-order valence-corrected chi connectivity index (χ2v) is 10.2. The number of nitrogens with zero attached hydrogens (tertiary/aromatic N) is 3. The summed E-state index contributed by atoms with van der Waals surface area (Å²) in [6.07, 6.45) is 2.72. The number of urea groups is 1. The molecule has 1 atom stereocenters. The van der Waals surface area contributed by atoms with Crippen molar-refractivity contribution in [2.45, 2.75) is 39.5 Å². The lowest BCUT2D eigenvalue weighted by Gasteiger charge is -2.14. The van der Waals surface area contributed by atoms with Crippen LogP contribution in [-0.2, 0) is 5.41 Å². The summed E-state index contributed by atoms with van der Waals surface area (Å²) in [5.41, 5.74) is 1.21. The Morgan fingerprint density at radius 1 is 1.08 bits per heavy atom. The second kappa shape index (κ2) is 11.4. The van der Waals surface area contributed by atoms with E-state index in [2.05, 4.69) is 37.9 Å². The van der Waals surface area contributed by atoms with Gasteiger partial charge < -0.3 is 24.8 Å². The lowest BCUT2D eigenvalue weighted by molar-refractivity contribution is 0.102. The number of amides is 3. The van der Waals surface area contributed by atoms with Crippen LogP contribution >= 0.6 is 0 Å². The molecule has 10 nitrogen and oxygen atoms in total. The number of anilines is 3. The summed E-state index contributed by atoms with van der Waals surface area (Å²) in [7, 11) is 0. The summed E-state index contributed by atoms with van der Waals surface area (Å²) in [5.74, 6) is 1.85. The van der Waals surface area contributed by atoms with Gasteiger partial charge in [-0.1, -0.05) is 32.9 Å². The molecule has 1 aromatic carbocycles. The molecule has 196 valence electrons. The number of pyridine rings is 1. The maximum Gasteiger partial charge on any atom is 0.324 e. The molecule has 0 radical (unpaired) electrons. The van der Waals surface area contributed by atoms with E-state index in [1.807, 2.05) is 20.8 Å². The molecule has 4 rings (SSSR count). The maximum absolute atomic E-state index is 12.6. The lowest BCUT2D eigenvalue weighted by Crippen LogP contribution is -2.21. The number of hydrogen-bond donors (Lipinski definition) is 3. The molecule has 1 saturated heterocycles. The number of rotatable bonds is 8. The van der Waals surface area contributed by atoms with E-state index in [0.717, 1.165) is 26.1 Å². The van der Waals surface area contributed by atoms with Gasteiger partial charge >= 0.3 is 6.03 Å². The zero-order valence-electron chi connectivity index (χ0n) is 21.7. The highest BCUT2D eigenvalue weighted by Gasteiger charge is 2.22. The van der Waals surface area contributed by atoms with Crippen LogP contribution < -0.4 is 20.7 Å². The molecule has 0 bridgehead atoms. The fourth-order valence-corrected chi connectivity index (χ4v) is 3.95. The summed E-state index contributed by atoms with van der Waals surface area (Å²) in [5, 5.41) is 12.0. The van der Waals surface area contributed by atoms with Crippen LogP contribution in [0, 0.1) is 5.92 Å². The van der Waals surface area contributed by atoms with Gasteiger partial charge in [-0.25, -0.2) is 9.78 Å². The molecule has 10 heteroatoms. The summed E-state index contributed by atoms with van der Waals surface area (Å²) < 4.78 is 11.1. The molecule has 0 spiro atoms. The number of ether oxygens (including phenoxy) is 1. The van der Waals surface area contributed by atoms with Crippen LogP contribution in [0.1, 0.15) is 50.4 Å². The number of aromatic nitrogens is 2. The minimum atomic E-state index is -0.451. The third kappa shape index (κ3) is 7.29. The SMILES string of the molecule is CCN1CC[C@@H](COc2ccc(C(=O)Nc3ccc(NC(=O)Nc4cc(C(C)(C)C)on4)cc3)nc2)C1. The predicted octanol–water partition coefficient (Wildman–Crippen LogP) is 4.98. The van der Waals surface area contributed by atoms with Crippen LogP contribution in [0.5, 0.6) is 5.75 Å². The van der Waals surface area contributed by atoms with Gasteiger partial charge in [-0.2, -0.15) is 0 Å². The first-order valence-electron chi connectivity index (χ1n) is 12.5. The molecule has 37 heavy (non-hydrogen) atoms. The van der Waals surface area contributed by atoms with Crippen molar-refractivity contribution in [1.29, 1.82) is 0 Å². The molecule has 3 N–H and O–H groups in total. The smallest absolute Gasteiger partial charge is 0.324 e. The molecule has 1 aliphatic heterocycles. The summed E-state index contributed by atoms with van der Waals surface area (Å²) in [4.78, 5) is 31.5. The van der Waals surface area contributed by atoms with E-state index in [0.29, 0.717) is 41.2 Å². The van der Waals surface area contributed by atoms with Gasteiger partial charge in [-0.05, 0) is 55.9 Å². The minimum absolute atomic E-state index is 0.207. The van der Waals surface area contributed by atoms with E-state index in [4.69, 9.17) is 9.26 Å². The molecule has 0 unspecified atom stereocenters. The molecule has 1 aliphatic rings. The van der Waals surface area contributed by atoms with Crippen LogP contribution in [0.2, 0.25) is 0 Å². The van der Waals surface area contributed by atoms with E-state index in [1.54, 1.807) is 48.7 Å². The van der Waals surface area contributed by atoms with E-state index >= 15 is 0 Å². The molecule has 0 aliphatic carbocycles. The first kappa shape index (κ1) is 26.2. The average Bonchev–Trinajstić information content (AvgIpc) is 3.54. The highest BCUT2D eigenvalue weighted by atomic mass is 16.5. The van der Waals surface area contributed by atoms with Crippen molar-refractivity contribution in [3.63, 3.8) is 0 Å². The second-order valence-electron chi connectivity index (χ2n) is 10.2. The molecule has 3 amide bonds. The van der Waals surface area contributed by atoms with E-state index in [1.165, 1.54) is 0 Å². The van der Waals surface area contributed by atoms with Gasteiger partial charge in [0.25, 0.3) is 5.91 Å². The minimum Gasteiger partial charge on any atom is -0.492 e. The van der Waals surface area contributed by atoms with Crippen molar-refractivity contribution in [3.8, 4) is 5.75 Å². The molecule has 3 aromatic rings. The van der Waals surface area contributed by atoms with E-state index in [9.17, 15) is 9.59 Å². The summed E-state index contributed by atoms with van der Waals surface area (Å²) >= 11 is 0. The van der Waals surface area contributed by atoms with Crippen LogP contribution in [0.4, 0.5) is 22.0 Å². The van der Waals surface area contributed by atoms with Crippen LogP contribution in [-0.4, -0.2) is 53.2 Å². The third-order valence-electron chi connectivity index (χ3n) is 6.16. The molecular formula is C27H34N6O4. The fourth-order valence-electron chi connectivity index (χ4n) is 3.95. The van der Waals surface area contributed by atoms with Crippen molar-refractivity contribution in [1.82, 2.24) is 15.0 Å². The fraction of sp³-hybridized carbons (Fsp3) is 0.407. The Morgan fingerprint density at radius 3 is 2.41 bits per heavy atom. The number of hydrogen-bond acceptors (Lipinski definition) is 7. The first-order valence-corrected chi connectivity index (χ1v) is 12.5. The zero-order valence-corrected chi connectivity index (χ0v) is 21.7. The van der Waals surface area contributed by atoms with E-state index < -0.39 is 6.03 Å². The van der Waals surface area contributed by atoms with Gasteiger partial charge in [-0.3, -0.25) is 10.1 Å². The normalized spacial score (nSPS) is 15.8. The Morgan fingerprint density at radius 2 is 1.81 bits per heavy atom. The average molecular weight is 507 g/mol. The van der Waals surface area contributed by atoms with E-state index in [-0.39, 0.29) is 17.0 Å². The molecule has 1 fully saturated rings. The van der Waals surface area contributed by atoms with Crippen molar-refractivity contribution in [2.75, 3.05) is 42.2 Å². The van der Waals surface area contributed by atoms with Gasteiger partial charge in [0.1, 0.15) is 17.2 Å². The Balaban J connectivity index is 1.24. The monoisotopic (exact) mass is 506 g/mol. The molecular weight excluding hydrogens is 472 g/mol. The Hall–Kier alpha value is -3.92. The van der Waals surface area contributed by atoms with Crippen molar-refractivity contribution in [3.05, 3.63) is 60.1 Å². The number of benzene rings is 1. The van der Waals surface area contributed by atoms with Gasteiger partial charge in [0, 0.05) is 35.3 Å². The van der Waals surface area contributed by atoms with Gasteiger partial charge in [-0.15, -0.1) is 0 Å². The van der Waals surface area contributed by atoms with Gasteiger partial charge in [0.15, 0.2) is 5.82 Å². The van der Waals surface area contributed by atoms with Gasteiger partial charge in [0.2, 0.25) is 0 Å². The quantitative estimate of drug-likeness (QED) is 0.394. The zero-order chi connectivity index (χ0) is 26.4. The molecule has 2 aromatic heterocycles. The third-order valence-corrected chi connectivity index (χ3v) is 6.16. The number of nitrogens with one attached hydrogen (secondary N) is 3. The molecule has 0 saturated carbocycles. The maximum atomic E-state index is 12.6. The van der Waals surface area contributed by atoms with Crippen LogP contribution in [0.25, 0.3) is 0 Å². The Labute approximate surface area is 216 Å². The predicted molar refractivity (Wildman–Crippen MR) is 142 cm³/mol. The van der Waals surface area contributed by atoms with Crippen molar-refractivity contribution in [2.24, 2.45) is 5.92 Å². The summed E-state index contributed by atoms with van der Waals surface area (Å²) in [6.45, 7) is 12.1. The van der Waals surface area contributed by atoms with Crippen molar-refractivity contribution >= 4 is 29.1 Å². The lowest BCUT2D eigenvalue weighted by atomic mass is 9.93. The highest BCUT2D eigenvalue weighted by molar-refractivity contribution is 6.03.